The van der Waals surface area contributed by atoms with Gasteiger partial charge >= 0.3 is 0 Å². The van der Waals surface area contributed by atoms with Crippen LogP contribution in [0.4, 0.5) is 0 Å². The predicted octanol–water partition coefficient (Wildman–Crippen LogP) is 6.04. The Morgan fingerprint density at radius 2 is 1.82 bits per heavy atom. The van der Waals surface area contributed by atoms with Crippen LogP contribution in [0.1, 0.15) is 78.6 Å². The summed E-state index contributed by atoms with van der Waals surface area (Å²) in [5, 5.41) is 0. The van der Waals surface area contributed by atoms with E-state index < -0.39 is 0 Å². The van der Waals surface area contributed by atoms with Gasteiger partial charge in [0, 0.05) is 0 Å². The van der Waals surface area contributed by atoms with E-state index in [0.29, 0.717) is 0 Å². The third-order valence-corrected chi connectivity index (χ3v) is 4.08. The molecular weight excluding hydrogens is 204 g/mol. The average Bonchev–Trinajstić information content (AvgIpc) is 2.86. The largest absolute Gasteiger partial charge is 0.0839 e. The molecule has 0 heteroatoms. The van der Waals surface area contributed by atoms with Gasteiger partial charge in [-0.2, -0.15) is 0 Å². The van der Waals surface area contributed by atoms with Crippen LogP contribution in [-0.2, 0) is 0 Å². The van der Waals surface area contributed by atoms with E-state index in [1.165, 1.54) is 57.8 Å². The minimum atomic E-state index is 0.860. The summed E-state index contributed by atoms with van der Waals surface area (Å²) in [4.78, 5) is 0. The molecule has 1 atom stereocenters. The van der Waals surface area contributed by atoms with Crippen LogP contribution in [0, 0.1) is 5.92 Å². The summed E-state index contributed by atoms with van der Waals surface area (Å²) in [6, 6.07) is 0. The molecule has 1 unspecified atom stereocenters. The summed E-state index contributed by atoms with van der Waals surface area (Å²) < 4.78 is 0. The highest BCUT2D eigenvalue weighted by Crippen LogP contribution is 2.30. The van der Waals surface area contributed by atoms with Gasteiger partial charge in [0.15, 0.2) is 0 Å². The van der Waals surface area contributed by atoms with Crippen LogP contribution in [0.5, 0.6) is 0 Å². The number of hydrogen-bond acceptors (Lipinski definition) is 0. The molecule has 98 valence electrons. The molecule has 0 aromatic heterocycles. The number of hydrogen-bond donors (Lipinski definition) is 0. The summed E-state index contributed by atoms with van der Waals surface area (Å²) in [5.41, 5.74) is 3.34. The summed E-state index contributed by atoms with van der Waals surface area (Å²) in [5.74, 6) is 0.860. The third-order valence-electron chi connectivity index (χ3n) is 4.08. The van der Waals surface area contributed by atoms with E-state index >= 15 is 0 Å². The van der Waals surface area contributed by atoms with Crippen LogP contribution >= 0.6 is 0 Å². The number of allylic oxidation sites excluding steroid dienone is 4. The van der Waals surface area contributed by atoms with Crippen molar-refractivity contribution in [3.05, 3.63) is 23.3 Å². The van der Waals surface area contributed by atoms with Crippen molar-refractivity contribution < 1.29 is 0 Å². The Hall–Kier alpha value is -0.520. The van der Waals surface area contributed by atoms with E-state index in [-0.39, 0.29) is 0 Å². The minimum absolute atomic E-state index is 0.860. The quantitative estimate of drug-likeness (QED) is 0.449. The highest BCUT2D eigenvalue weighted by molar-refractivity contribution is 5.30. The van der Waals surface area contributed by atoms with Crippen LogP contribution in [-0.4, -0.2) is 0 Å². The standard InChI is InChI=1S/C17H30/c1-4-6-8-12-16(11-7-5-2)15(3)17-13-9-10-14-17/h9,13,16H,4-8,10-12,14H2,1-3H3. The van der Waals surface area contributed by atoms with Crippen molar-refractivity contribution in [3.8, 4) is 0 Å². The van der Waals surface area contributed by atoms with Crippen molar-refractivity contribution in [2.45, 2.75) is 78.6 Å². The molecule has 0 aromatic carbocycles. The van der Waals surface area contributed by atoms with Crippen molar-refractivity contribution in [3.63, 3.8) is 0 Å². The summed E-state index contributed by atoms with van der Waals surface area (Å²) in [6.07, 6.45) is 17.0. The molecule has 1 aliphatic carbocycles. The second kappa shape index (κ2) is 8.55. The Kier molecular flexibility index (Phi) is 7.32. The van der Waals surface area contributed by atoms with Gasteiger partial charge in [0.25, 0.3) is 0 Å². The summed E-state index contributed by atoms with van der Waals surface area (Å²) in [7, 11) is 0. The topological polar surface area (TPSA) is 0 Å². The molecule has 0 aromatic rings. The molecule has 0 saturated carbocycles. The molecule has 0 nitrogen and oxygen atoms in total. The zero-order chi connectivity index (χ0) is 12.5. The van der Waals surface area contributed by atoms with Gasteiger partial charge in [-0.05, 0) is 44.1 Å². The minimum Gasteiger partial charge on any atom is -0.0839 e. The Morgan fingerprint density at radius 1 is 1.12 bits per heavy atom. The molecule has 0 aliphatic heterocycles. The lowest BCUT2D eigenvalue weighted by Crippen LogP contribution is -2.04. The van der Waals surface area contributed by atoms with Crippen LogP contribution in [0.25, 0.3) is 0 Å². The van der Waals surface area contributed by atoms with Gasteiger partial charge in [-0.15, -0.1) is 0 Å². The van der Waals surface area contributed by atoms with Gasteiger partial charge in [-0.1, -0.05) is 63.7 Å². The summed E-state index contributed by atoms with van der Waals surface area (Å²) >= 11 is 0. The summed E-state index contributed by atoms with van der Waals surface area (Å²) in [6.45, 7) is 6.99. The molecule has 0 spiro atoms. The smallest absolute Gasteiger partial charge is 0.0200 e. The van der Waals surface area contributed by atoms with Crippen molar-refractivity contribution in [2.75, 3.05) is 0 Å². The molecular formula is C17H30. The molecule has 0 fully saturated rings. The molecule has 0 N–H and O–H groups in total. The maximum atomic E-state index is 2.39. The molecule has 0 saturated heterocycles. The van der Waals surface area contributed by atoms with Crippen molar-refractivity contribution in [1.29, 1.82) is 0 Å². The van der Waals surface area contributed by atoms with Crippen molar-refractivity contribution >= 4 is 0 Å². The SMILES string of the molecule is CCCCCC(CCCC)C(C)=C1C=CCC1. The Morgan fingerprint density at radius 3 is 2.41 bits per heavy atom. The van der Waals surface area contributed by atoms with Crippen molar-refractivity contribution in [2.24, 2.45) is 5.92 Å². The fourth-order valence-corrected chi connectivity index (χ4v) is 2.81. The van der Waals surface area contributed by atoms with Crippen LogP contribution in [0.3, 0.4) is 0 Å². The van der Waals surface area contributed by atoms with E-state index in [1.807, 2.05) is 0 Å². The monoisotopic (exact) mass is 234 g/mol. The molecule has 0 heterocycles. The van der Waals surface area contributed by atoms with Crippen molar-refractivity contribution in [1.82, 2.24) is 0 Å². The maximum absolute atomic E-state index is 2.39. The second-order valence-corrected chi connectivity index (χ2v) is 5.48. The molecule has 0 bridgehead atoms. The fourth-order valence-electron chi connectivity index (χ4n) is 2.81. The lowest BCUT2D eigenvalue weighted by atomic mass is 9.86. The Bertz CT molecular complexity index is 257. The Labute approximate surface area is 108 Å². The molecule has 1 rings (SSSR count). The zero-order valence-corrected chi connectivity index (χ0v) is 12.1. The molecule has 1 aliphatic rings. The van der Waals surface area contributed by atoms with Crippen LogP contribution in [0.15, 0.2) is 23.3 Å². The first-order valence-electron chi connectivity index (χ1n) is 7.65. The Balaban J connectivity index is 2.54. The highest BCUT2D eigenvalue weighted by Gasteiger charge is 2.14. The van der Waals surface area contributed by atoms with Gasteiger partial charge in [0.2, 0.25) is 0 Å². The third kappa shape index (κ3) is 5.10. The van der Waals surface area contributed by atoms with E-state index in [1.54, 1.807) is 11.1 Å². The van der Waals surface area contributed by atoms with Gasteiger partial charge in [-0.25, -0.2) is 0 Å². The lowest BCUT2D eigenvalue weighted by molar-refractivity contribution is 0.465. The molecule has 17 heavy (non-hydrogen) atoms. The number of unbranched alkanes of at least 4 members (excludes halogenated alkanes) is 3. The van der Waals surface area contributed by atoms with Gasteiger partial charge in [-0.3, -0.25) is 0 Å². The zero-order valence-electron chi connectivity index (χ0n) is 12.1. The second-order valence-electron chi connectivity index (χ2n) is 5.48. The first kappa shape index (κ1) is 14.5. The first-order chi connectivity index (χ1) is 8.29. The van der Waals surface area contributed by atoms with E-state index in [0.717, 1.165) is 5.92 Å². The number of rotatable bonds is 8. The van der Waals surface area contributed by atoms with Crippen LogP contribution in [0.2, 0.25) is 0 Å². The predicted molar refractivity (Wildman–Crippen MR) is 78.2 cm³/mol. The maximum Gasteiger partial charge on any atom is -0.0200 e. The van der Waals surface area contributed by atoms with Crippen LogP contribution < -0.4 is 0 Å². The molecule has 0 radical (unpaired) electrons. The van der Waals surface area contributed by atoms with Gasteiger partial charge in [0.1, 0.15) is 0 Å². The molecule has 0 amide bonds. The van der Waals surface area contributed by atoms with Gasteiger partial charge < -0.3 is 0 Å². The fraction of sp³-hybridized carbons (Fsp3) is 0.765. The first-order valence-corrected chi connectivity index (χ1v) is 7.65. The van der Waals surface area contributed by atoms with E-state index in [4.69, 9.17) is 0 Å². The highest BCUT2D eigenvalue weighted by atomic mass is 14.2. The average molecular weight is 234 g/mol. The van der Waals surface area contributed by atoms with Gasteiger partial charge in [0.05, 0.1) is 0 Å². The lowest BCUT2D eigenvalue weighted by Gasteiger charge is -2.19. The normalized spacial score (nSPS) is 19.7. The van der Waals surface area contributed by atoms with E-state index in [2.05, 4.69) is 32.9 Å². The van der Waals surface area contributed by atoms with E-state index in [9.17, 15) is 0 Å².